The highest BCUT2D eigenvalue weighted by atomic mass is 35.5. The first-order valence-corrected chi connectivity index (χ1v) is 8.56. The number of nitriles is 1. The van der Waals surface area contributed by atoms with E-state index < -0.39 is 0 Å². The third-order valence-corrected chi connectivity index (χ3v) is 4.62. The van der Waals surface area contributed by atoms with E-state index in [0.29, 0.717) is 30.3 Å². The van der Waals surface area contributed by atoms with E-state index in [1.807, 2.05) is 18.2 Å². The first-order valence-electron chi connectivity index (χ1n) is 8.18. The van der Waals surface area contributed by atoms with E-state index in [1.54, 1.807) is 24.3 Å². The number of halogens is 2. The van der Waals surface area contributed by atoms with E-state index in [9.17, 15) is 4.39 Å². The highest BCUT2D eigenvalue weighted by Gasteiger charge is 2.23. The molecule has 1 aliphatic heterocycles. The Kier molecular flexibility index (Phi) is 5.87. The minimum absolute atomic E-state index is 0.0222. The quantitative estimate of drug-likeness (QED) is 0.881. The molecule has 0 amide bonds. The van der Waals surface area contributed by atoms with Gasteiger partial charge in [-0.1, -0.05) is 23.7 Å². The summed E-state index contributed by atoms with van der Waals surface area (Å²) >= 11 is 6.09. The van der Waals surface area contributed by atoms with Gasteiger partial charge in [-0.25, -0.2) is 4.39 Å². The predicted octanol–water partition coefficient (Wildman–Crippen LogP) is 3.84. The van der Waals surface area contributed by atoms with Crippen molar-refractivity contribution in [1.82, 2.24) is 4.90 Å². The molecule has 0 saturated carbocycles. The number of hydrogen-bond donors (Lipinski definition) is 1. The van der Waals surface area contributed by atoms with Crippen molar-refractivity contribution in [2.75, 3.05) is 38.2 Å². The smallest absolute Gasteiger partial charge is 0.123 e. The van der Waals surface area contributed by atoms with E-state index in [1.165, 1.54) is 6.07 Å². The fourth-order valence-corrected chi connectivity index (χ4v) is 3.21. The summed E-state index contributed by atoms with van der Waals surface area (Å²) < 4.78 is 19.1. The minimum Gasteiger partial charge on any atom is -0.383 e. The zero-order valence-electron chi connectivity index (χ0n) is 13.7. The van der Waals surface area contributed by atoms with Gasteiger partial charge in [-0.05, 0) is 35.9 Å². The van der Waals surface area contributed by atoms with Crippen LogP contribution in [0, 0.1) is 17.1 Å². The van der Waals surface area contributed by atoms with Crippen molar-refractivity contribution in [3.63, 3.8) is 0 Å². The summed E-state index contributed by atoms with van der Waals surface area (Å²) in [4.78, 5) is 2.29. The molecule has 0 bridgehead atoms. The van der Waals surface area contributed by atoms with Crippen LogP contribution < -0.4 is 5.32 Å². The molecule has 6 heteroatoms. The first-order chi connectivity index (χ1) is 12.2. The van der Waals surface area contributed by atoms with E-state index in [0.717, 1.165) is 24.3 Å². The summed E-state index contributed by atoms with van der Waals surface area (Å²) in [5.74, 6) is -0.239. The van der Waals surface area contributed by atoms with Gasteiger partial charge in [-0.2, -0.15) is 5.26 Å². The second kappa shape index (κ2) is 8.30. The second-order valence-electron chi connectivity index (χ2n) is 5.91. The maximum atomic E-state index is 13.7. The van der Waals surface area contributed by atoms with Crippen molar-refractivity contribution in [1.29, 1.82) is 5.26 Å². The molecule has 0 spiro atoms. The Morgan fingerprint density at radius 3 is 2.72 bits per heavy atom. The molecule has 0 radical (unpaired) electrons. The summed E-state index contributed by atoms with van der Waals surface area (Å²) in [5, 5.41) is 12.7. The molecule has 1 unspecified atom stereocenters. The Morgan fingerprint density at radius 2 is 2.04 bits per heavy atom. The van der Waals surface area contributed by atoms with Crippen LogP contribution in [0.25, 0.3) is 0 Å². The molecule has 4 nitrogen and oxygen atoms in total. The van der Waals surface area contributed by atoms with Crippen molar-refractivity contribution < 1.29 is 9.13 Å². The highest BCUT2D eigenvalue weighted by Crippen LogP contribution is 2.25. The SMILES string of the molecule is N#Cc1ccc(NCC(c2cccc(F)c2)N2CCOCC2)cc1Cl. The molecule has 1 saturated heterocycles. The first kappa shape index (κ1) is 17.7. The number of morpholine rings is 1. The maximum absolute atomic E-state index is 13.7. The minimum atomic E-state index is -0.239. The van der Waals surface area contributed by atoms with Crippen molar-refractivity contribution in [3.05, 3.63) is 64.4 Å². The fraction of sp³-hybridized carbons (Fsp3) is 0.316. The number of benzene rings is 2. The van der Waals surface area contributed by atoms with Crippen LogP contribution in [0.2, 0.25) is 5.02 Å². The van der Waals surface area contributed by atoms with Crippen LogP contribution in [0.5, 0.6) is 0 Å². The lowest BCUT2D eigenvalue weighted by Gasteiger charge is -2.35. The third-order valence-electron chi connectivity index (χ3n) is 4.31. The summed E-state index contributed by atoms with van der Waals surface area (Å²) in [6, 6.07) is 14.0. The Labute approximate surface area is 151 Å². The lowest BCUT2D eigenvalue weighted by atomic mass is 10.0. The van der Waals surface area contributed by atoms with Gasteiger partial charge in [0.15, 0.2) is 0 Å². The van der Waals surface area contributed by atoms with E-state index in [2.05, 4.69) is 10.2 Å². The number of nitrogens with zero attached hydrogens (tertiary/aromatic N) is 2. The number of rotatable bonds is 5. The Bertz CT molecular complexity index is 772. The van der Waals surface area contributed by atoms with Crippen LogP contribution in [-0.4, -0.2) is 37.7 Å². The summed E-state index contributed by atoms with van der Waals surface area (Å²) in [6.07, 6.45) is 0. The molecule has 1 N–H and O–H groups in total. The van der Waals surface area contributed by atoms with Gasteiger partial charge in [0, 0.05) is 25.3 Å². The number of ether oxygens (including phenoxy) is 1. The Balaban J connectivity index is 1.77. The third kappa shape index (κ3) is 4.49. The summed E-state index contributed by atoms with van der Waals surface area (Å²) in [6.45, 7) is 3.56. The van der Waals surface area contributed by atoms with Crippen LogP contribution >= 0.6 is 11.6 Å². The van der Waals surface area contributed by atoms with Crippen molar-refractivity contribution in [2.24, 2.45) is 0 Å². The van der Waals surface area contributed by atoms with Crippen LogP contribution in [-0.2, 0) is 4.74 Å². The van der Waals surface area contributed by atoms with Crippen molar-refractivity contribution in [2.45, 2.75) is 6.04 Å². The highest BCUT2D eigenvalue weighted by molar-refractivity contribution is 6.32. The van der Waals surface area contributed by atoms with Gasteiger partial charge in [0.1, 0.15) is 11.9 Å². The Hall–Kier alpha value is -2.13. The molecule has 1 fully saturated rings. The van der Waals surface area contributed by atoms with Crippen LogP contribution in [0.3, 0.4) is 0 Å². The standard InChI is InChI=1S/C19H19ClFN3O/c20-18-11-17(5-4-15(18)12-22)23-13-19(24-6-8-25-9-7-24)14-2-1-3-16(21)10-14/h1-5,10-11,19,23H,6-9,13H2. The fourth-order valence-electron chi connectivity index (χ4n) is 2.99. The second-order valence-corrected chi connectivity index (χ2v) is 6.31. The zero-order valence-corrected chi connectivity index (χ0v) is 14.5. The van der Waals surface area contributed by atoms with Crippen molar-refractivity contribution >= 4 is 17.3 Å². The molecular weight excluding hydrogens is 341 g/mol. The molecule has 1 heterocycles. The van der Waals surface area contributed by atoms with E-state index in [-0.39, 0.29) is 11.9 Å². The van der Waals surface area contributed by atoms with Gasteiger partial charge in [-0.3, -0.25) is 4.90 Å². The molecule has 25 heavy (non-hydrogen) atoms. The van der Waals surface area contributed by atoms with E-state index >= 15 is 0 Å². The molecule has 130 valence electrons. The Morgan fingerprint density at radius 1 is 1.24 bits per heavy atom. The van der Waals surface area contributed by atoms with Gasteiger partial charge in [0.25, 0.3) is 0 Å². The molecule has 3 rings (SSSR count). The van der Waals surface area contributed by atoms with Gasteiger partial charge >= 0.3 is 0 Å². The molecule has 2 aromatic carbocycles. The van der Waals surface area contributed by atoms with Crippen LogP contribution in [0.1, 0.15) is 17.2 Å². The van der Waals surface area contributed by atoms with E-state index in [4.69, 9.17) is 21.6 Å². The van der Waals surface area contributed by atoms with Gasteiger partial charge < -0.3 is 10.1 Å². The monoisotopic (exact) mass is 359 g/mol. The molecule has 0 aliphatic carbocycles. The van der Waals surface area contributed by atoms with Crippen LogP contribution in [0.15, 0.2) is 42.5 Å². The number of hydrogen-bond acceptors (Lipinski definition) is 4. The lowest BCUT2D eigenvalue weighted by Crippen LogP contribution is -2.41. The average Bonchev–Trinajstić information content (AvgIpc) is 2.63. The molecule has 1 atom stereocenters. The summed E-state index contributed by atoms with van der Waals surface area (Å²) in [5.41, 5.74) is 2.20. The number of nitrogens with one attached hydrogen (secondary N) is 1. The number of anilines is 1. The van der Waals surface area contributed by atoms with Crippen LogP contribution in [0.4, 0.5) is 10.1 Å². The topological polar surface area (TPSA) is 48.3 Å². The van der Waals surface area contributed by atoms with Crippen molar-refractivity contribution in [3.8, 4) is 6.07 Å². The predicted molar refractivity (Wildman–Crippen MR) is 96.2 cm³/mol. The lowest BCUT2D eigenvalue weighted by molar-refractivity contribution is 0.0186. The average molecular weight is 360 g/mol. The van der Waals surface area contributed by atoms with Gasteiger partial charge in [0.05, 0.1) is 29.8 Å². The normalized spacial score (nSPS) is 16.2. The van der Waals surface area contributed by atoms with Gasteiger partial charge in [-0.15, -0.1) is 0 Å². The van der Waals surface area contributed by atoms with Gasteiger partial charge in [0.2, 0.25) is 0 Å². The maximum Gasteiger partial charge on any atom is 0.123 e. The molecule has 1 aliphatic rings. The molecule has 2 aromatic rings. The zero-order chi connectivity index (χ0) is 17.6. The largest absolute Gasteiger partial charge is 0.383 e. The summed E-state index contributed by atoms with van der Waals surface area (Å²) in [7, 11) is 0. The molecular formula is C19H19ClFN3O. The molecule has 0 aromatic heterocycles.